The molecule has 0 aliphatic heterocycles. The van der Waals surface area contributed by atoms with E-state index < -0.39 is 0 Å². The maximum atomic E-state index is 4.40. The van der Waals surface area contributed by atoms with Crippen LogP contribution >= 0.6 is 15.9 Å². The van der Waals surface area contributed by atoms with Gasteiger partial charge in [0.1, 0.15) is 0 Å². The summed E-state index contributed by atoms with van der Waals surface area (Å²) in [6, 6.07) is 6.13. The maximum Gasteiger partial charge on any atom is 0.0442 e. The largest absolute Gasteiger partial charge is 0.261 e. The van der Waals surface area contributed by atoms with Crippen LogP contribution in [0.2, 0.25) is 0 Å². The van der Waals surface area contributed by atoms with Crippen LogP contribution < -0.4 is 0 Å². The van der Waals surface area contributed by atoms with Gasteiger partial charge in [-0.05, 0) is 24.5 Å². The van der Waals surface area contributed by atoms with Crippen LogP contribution in [0.25, 0.3) is 0 Å². The van der Waals surface area contributed by atoms with Gasteiger partial charge in [-0.25, -0.2) is 0 Å². The minimum absolute atomic E-state index is 0.486. The third-order valence-electron chi connectivity index (χ3n) is 3.02. The standard InChI is InChI=1S/C13H20BrN/c1-4-10(2)9-12(14)11(3)13-7-5-6-8-15-13/h5-8,10-12H,4,9H2,1-3H3. The van der Waals surface area contributed by atoms with E-state index in [1.807, 2.05) is 12.3 Å². The molecular weight excluding hydrogens is 250 g/mol. The van der Waals surface area contributed by atoms with Gasteiger partial charge in [0.15, 0.2) is 0 Å². The van der Waals surface area contributed by atoms with E-state index in [9.17, 15) is 0 Å². The molecule has 0 aromatic carbocycles. The summed E-state index contributed by atoms with van der Waals surface area (Å²) < 4.78 is 0. The minimum Gasteiger partial charge on any atom is -0.261 e. The van der Waals surface area contributed by atoms with E-state index in [1.165, 1.54) is 18.5 Å². The van der Waals surface area contributed by atoms with Crippen molar-refractivity contribution >= 4 is 15.9 Å². The number of halogens is 1. The van der Waals surface area contributed by atoms with Crippen LogP contribution in [-0.4, -0.2) is 9.81 Å². The van der Waals surface area contributed by atoms with E-state index in [-0.39, 0.29) is 0 Å². The van der Waals surface area contributed by atoms with Crippen LogP contribution in [0.4, 0.5) is 0 Å². The summed E-state index contributed by atoms with van der Waals surface area (Å²) in [5.41, 5.74) is 1.18. The minimum atomic E-state index is 0.486. The molecule has 0 saturated heterocycles. The summed E-state index contributed by atoms with van der Waals surface area (Å²) in [4.78, 5) is 4.93. The number of alkyl halides is 1. The zero-order chi connectivity index (χ0) is 11.3. The van der Waals surface area contributed by atoms with Gasteiger partial charge in [-0.15, -0.1) is 0 Å². The molecule has 1 rings (SSSR count). The van der Waals surface area contributed by atoms with E-state index in [2.05, 4.69) is 53.8 Å². The molecule has 0 bridgehead atoms. The molecular formula is C13H20BrN. The van der Waals surface area contributed by atoms with E-state index in [0.29, 0.717) is 10.7 Å². The molecule has 0 spiro atoms. The Hall–Kier alpha value is -0.370. The second-order valence-electron chi connectivity index (χ2n) is 4.31. The molecule has 1 nitrogen and oxygen atoms in total. The fourth-order valence-corrected chi connectivity index (χ4v) is 2.49. The Kier molecular flexibility index (Phi) is 5.30. The Bertz CT molecular complexity index is 273. The summed E-state index contributed by atoms with van der Waals surface area (Å²) in [7, 11) is 0. The van der Waals surface area contributed by atoms with Crippen molar-refractivity contribution in [3.63, 3.8) is 0 Å². The maximum absolute atomic E-state index is 4.40. The molecule has 0 amide bonds. The van der Waals surface area contributed by atoms with Gasteiger partial charge >= 0.3 is 0 Å². The monoisotopic (exact) mass is 269 g/mol. The van der Waals surface area contributed by atoms with Crippen molar-refractivity contribution in [2.45, 2.75) is 44.4 Å². The summed E-state index contributed by atoms with van der Waals surface area (Å²) in [5.74, 6) is 1.26. The van der Waals surface area contributed by atoms with Crippen molar-refractivity contribution in [1.82, 2.24) is 4.98 Å². The molecule has 0 aliphatic carbocycles. The highest BCUT2D eigenvalue weighted by atomic mass is 79.9. The van der Waals surface area contributed by atoms with Crippen molar-refractivity contribution in [3.05, 3.63) is 30.1 Å². The first kappa shape index (κ1) is 12.7. The Morgan fingerprint density at radius 2 is 2.07 bits per heavy atom. The lowest BCUT2D eigenvalue weighted by atomic mass is 9.94. The van der Waals surface area contributed by atoms with Gasteiger partial charge in [-0.3, -0.25) is 4.98 Å². The second-order valence-corrected chi connectivity index (χ2v) is 5.48. The van der Waals surface area contributed by atoms with Gasteiger partial charge in [-0.2, -0.15) is 0 Å². The topological polar surface area (TPSA) is 12.9 Å². The zero-order valence-corrected chi connectivity index (χ0v) is 11.4. The first-order valence-electron chi connectivity index (χ1n) is 5.70. The Morgan fingerprint density at radius 3 is 2.60 bits per heavy atom. The molecule has 0 N–H and O–H groups in total. The molecule has 1 aromatic heterocycles. The molecule has 0 radical (unpaired) electrons. The molecule has 0 aliphatic rings. The van der Waals surface area contributed by atoms with Crippen LogP contribution in [0.15, 0.2) is 24.4 Å². The normalized spacial score (nSPS) is 17.1. The van der Waals surface area contributed by atoms with Crippen molar-refractivity contribution in [2.24, 2.45) is 5.92 Å². The van der Waals surface area contributed by atoms with E-state index in [4.69, 9.17) is 0 Å². The number of hydrogen-bond acceptors (Lipinski definition) is 1. The van der Waals surface area contributed by atoms with Gasteiger partial charge in [0, 0.05) is 22.6 Å². The zero-order valence-electron chi connectivity index (χ0n) is 9.78. The highest BCUT2D eigenvalue weighted by Crippen LogP contribution is 2.28. The highest BCUT2D eigenvalue weighted by molar-refractivity contribution is 9.09. The van der Waals surface area contributed by atoms with Gasteiger partial charge < -0.3 is 0 Å². The van der Waals surface area contributed by atoms with Crippen LogP contribution in [-0.2, 0) is 0 Å². The van der Waals surface area contributed by atoms with Gasteiger partial charge in [0.05, 0.1) is 0 Å². The molecule has 84 valence electrons. The Labute approximate surface area is 101 Å². The molecule has 3 atom stereocenters. The average molecular weight is 270 g/mol. The predicted octanol–water partition coefficient (Wildman–Crippen LogP) is 4.38. The molecule has 0 saturated carbocycles. The number of aromatic nitrogens is 1. The third-order valence-corrected chi connectivity index (χ3v) is 4.19. The summed E-state index contributed by atoms with van der Waals surface area (Å²) >= 11 is 3.78. The molecule has 3 unspecified atom stereocenters. The van der Waals surface area contributed by atoms with Gasteiger partial charge in [0.25, 0.3) is 0 Å². The molecule has 0 fully saturated rings. The number of rotatable bonds is 5. The van der Waals surface area contributed by atoms with Crippen molar-refractivity contribution in [3.8, 4) is 0 Å². The van der Waals surface area contributed by atoms with Crippen LogP contribution in [0, 0.1) is 5.92 Å². The first-order valence-corrected chi connectivity index (χ1v) is 6.61. The van der Waals surface area contributed by atoms with Gasteiger partial charge in [-0.1, -0.05) is 49.2 Å². The third kappa shape index (κ3) is 3.94. The van der Waals surface area contributed by atoms with Crippen LogP contribution in [0.3, 0.4) is 0 Å². The van der Waals surface area contributed by atoms with Crippen molar-refractivity contribution < 1.29 is 0 Å². The number of hydrogen-bond donors (Lipinski definition) is 0. The highest BCUT2D eigenvalue weighted by Gasteiger charge is 2.18. The molecule has 1 heterocycles. The van der Waals surface area contributed by atoms with Crippen molar-refractivity contribution in [2.75, 3.05) is 0 Å². The fourth-order valence-electron chi connectivity index (χ4n) is 1.59. The smallest absolute Gasteiger partial charge is 0.0442 e. The molecule has 1 aromatic rings. The molecule has 2 heteroatoms. The fraction of sp³-hybridized carbons (Fsp3) is 0.615. The average Bonchev–Trinajstić information content (AvgIpc) is 2.29. The lowest BCUT2D eigenvalue weighted by Gasteiger charge is -2.20. The number of nitrogens with zero attached hydrogens (tertiary/aromatic N) is 1. The first-order chi connectivity index (χ1) is 7.15. The quantitative estimate of drug-likeness (QED) is 0.723. The SMILES string of the molecule is CCC(C)CC(Br)C(C)c1ccccn1. The van der Waals surface area contributed by atoms with Crippen LogP contribution in [0.5, 0.6) is 0 Å². The number of pyridine rings is 1. The lowest BCUT2D eigenvalue weighted by molar-refractivity contribution is 0.481. The lowest BCUT2D eigenvalue weighted by Crippen LogP contribution is -2.13. The predicted molar refractivity (Wildman–Crippen MR) is 69.4 cm³/mol. The summed E-state index contributed by atoms with van der Waals surface area (Å²) in [6.07, 6.45) is 4.33. The van der Waals surface area contributed by atoms with E-state index in [1.54, 1.807) is 0 Å². The Balaban J connectivity index is 2.57. The second kappa shape index (κ2) is 6.26. The summed E-state index contributed by atoms with van der Waals surface area (Å²) in [5, 5.41) is 0. The van der Waals surface area contributed by atoms with E-state index >= 15 is 0 Å². The molecule has 15 heavy (non-hydrogen) atoms. The summed E-state index contributed by atoms with van der Waals surface area (Å²) in [6.45, 7) is 6.79. The van der Waals surface area contributed by atoms with Crippen LogP contribution in [0.1, 0.15) is 45.2 Å². The Morgan fingerprint density at radius 1 is 1.33 bits per heavy atom. The van der Waals surface area contributed by atoms with Crippen molar-refractivity contribution in [1.29, 1.82) is 0 Å². The van der Waals surface area contributed by atoms with E-state index in [0.717, 1.165) is 5.92 Å². The van der Waals surface area contributed by atoms with Gasteiger partial charge in [0.2, 0.25) is 0 Å².